The van der Waals surface area contributed by atoms with E-state index in [1.165, 1.54) is 6.20 Å². The highest BCUT2D eigenvalue weighted by Crippen LogP contribution is 2.12. The number of thiol groups is 1. The average molecular weight is 321 g/mol. The average Bonchev–Trinajstić information content (AvgIpc) is 2.28. The predicted molar refractivity (Wildman–Crippen MR) is 72.8 cm³/mol. The number of nitro groups is 1. The molecule has 0 N–H and O–H groups in total. The third kappa shape index (κ3) is 4.16. The van der Waals surface area contributed by atoms with Crippen molar-refractivity contribution in [3.63, 3.8) is 0 Å². The fourth-order valence-electron chi connectivity index (χ4n) is 1.42. The van der Waals surface area contributed by atoms with Gasteiger partial charge in [0.25, 0.3) is 5.43 Å². The van der Waals surface area contributed by atoms with Crippen molar-refractivity contribution in [3.8, 4) is 0 Å². The summed E-state index contributed by atoms with van der Waals surface area (Å²) >= 11 is 7.15. The molecule has 0 aliphatic heterocycles. The predicted octanol–water partition coefficient (Wildman–Crippen LogP) is 2.62. The summed E-state index contributed by atoms with van der Waals surface area (Å²) in [5.74, 6) is 0.841. The first-order chi connectivity index (χ1) is 8.06. The second-order valence-electron chi connectivity index (χ2n) is 3.60. The molecule has 0 aromatic carbocycles. The summed E-state index contributed by atoms with van der Waals surface area (Å²) in [5.41, 5.74) is -0.977. The van der Waals surface area contributed by atoms with Gasteiger partial charge in [-0.1, -0.05) is 6.42 Å². The van der Waals surface area contributed by atoms with Crippen LogP contribution in [-0.2, 0) is 6.54 Å². The second-order valence-corrected chi connectivity index (χ2v) is 4.90. The highest BCUT2D eigenvalue weighted by Gasteiger charge is 2.15. The first kappa shape index (κ1) is 14.2. The summed E-state index contributed by atoms with van der Waals surface area (Å²) in [5, 5.41) is 10.7. The summed E-state index contributed by atoms with van der Waals surface area (Å²) in [6, 6.07) is 0. The Morgan fingerprint density at radius 3 is 2.65 bits per heavy atom. The Morgan fingerprint density at radius 1 is 1.35 bits per heavy atom. The van der Waals surface area contributed by atoms with Crippen molar-refractivity contribution < 1.29 is 4.92 Å². The number of halogens is 1. The molecule has 1 aromatic rings. The number of hydrogen-bond donors (Lipinski definition) is 1. The van der Waals surface area contributed by atoms with Crippen LogP contribution in [0.25, 0.3) is 0 Å². The highest BCUT2D eigenvalue weighted by atomic mass is 79.9. The molecule has 0 atom stereocenters. The normalized spacial score (nSPS) is 10.5. The first-order valence-electron chi connectivity index (χ1n) is 5.21. The molecule has 0 saturated heterocycles. The molecular formula is C10H13BrN2O3S. The monoisotopic (exact) mass is 320 g/mol. The lowest BCUT2D eigenvalue weighted by Crippen LogP contribution is -2.13. The van der Waals surface area contributed by atoms with Crippen LogP contribution in [0.2, 0.25) is 0 Å². The Hall–Kier alpha value is -0.820. The van der Waals surface area contributed by atoms with E-state index in [0.29, 0.717) is 6.54 Å². The number of nitrogens with zero attached hydrogens (tertiary/aromatic N) is 2. The molecule has 0 aliphatic carbocycles. The number of pyridine rings is 1. The lowest BCUT2D eigenvalue weighted by molar-refractivity contribution is -0.386. The van der Waals surface area contributed by atoms with Gasteiger partial charge in [-0.25, -0.2) is 0 Å². The Morgan fingerprint density at radius 2 is 2.06 bits per heavy atom. The van der Waals surface area contributed by atoms with Gasteiger partial charge >= 0.3 is 5.69 Å². The van der Waals surface area contributed by atoms with Gasteiger partial charge in [0.2, 0.25) is 0 Å². The van der Waals surface area contributed by atoms with Crippen molar-refractivity contribution >= 4 is 34.2 Å². The van der Waals surface area contributed by atoms with Crippen molar-refractivity contribution in [2.45, 2.75) is 25.8 Å². The van der Waals surface area contributed by atoms with Crippen LogP contribution in [0.5, 0.6) is 0 Å². The largest absolute Gasteiger partial charge is 0.347 e. The molecule has 0 saturated carbocycles. The van der Waals surface area contributed by atoms with Crippen molar-refractivity contribution in [1.29, 1.82) is 0 Å². The SMILES string of the molecule is O=c1c(Br)cn(CCCCCS)cc1[N+](=O)[O-]. The molecule has 94 valence electrons. The van der Waals surface area contributed by atoms with Crippen molar-refractivity contribution in [3.05, 3.63) is 37.2 Å². The first-order valence-corrected chi connectivity index (χ1v) is 6.63. The van der Waals surface area contributed by atoms with Gasteiger partial charge in [0.05, 0.1) is 15.6 Å². The molecule has 17 heavy (non-hydrogen) atoms. The van der Waals surface area contributed by atoms with Crippen molar-refractivity contribution in [2.24, 2.45) is 0 Å². The molecule has 1 rings (SSSR count). The fourth-order valence-corrected chi connectivity index (χ4v) is 2.11. The number of aryl methyl sites for hydroxylation is 1. The van der Waals surface area contributed by atoms with E-state index < -0.39 is 16.0 Å². The molecule has 1 heterocycles. The molecule has 5 nitrogen and oxygen atoms in total. The zero-order chi connectivity index (χ0) is 12.8. The molecular weight excluding hydrogens is 308 g/mol. The van der Waals surface area contributed by atoms with Gasteiger partial charge < -0.3 is 4.57 Å². The minimum atomic E-state index is -0.655. The second kappa shape index (κ2) is 6.80. The number of hydrogen-bond acceptors (Lipinski definition) is 4. The molecule has 0 aliphatic rings. The van der Waals surface area contributed by atoms with Crippen molar-refractivity contribution in [2.75, 3.05) is 5.75 Å². The highest BCUT2D eigenvalue weighted by molar-refractivity contribution is 9.10. The molecule has 0 amide bonds. The van der Waals surface area contributed by atoms with Gasteiger partial charge in [-0.2, -0.15) is 12.6 Å². The van der Waals surface area contributed by atoms with E-state index in [0.717, 1.165) is 25.0 Å². The van der Waals surface area contributed by atoms with Gasteiger partial charge in [0.15, 0.2) is 0 Å². The molecule has 0 unspecified atom stereocenters. The molecule has 1 aromatic heterocycles. The zero-order valence-electron chi connectivity index (χ0n) is 9.13. The van der Waals surface area contributed by atoms with E-state index in [9.17, 15) is 14.9 Å². The Balaban J connectivity index is 2.80. The molecule has 7 heteroatoms. The van der Waals surface area contributed by atoms with E-state index >= 15 is 0 Å². The minimum absolute atomic E-state index is 0.223. The van der Waals surface area contributed by atoms with Gasteiger partial charge in [0, 0.05) is 12.7 Å². The summed E-state index contributed by atoms with van der Waals surface area (Å²) in [7, 11) is 0. The molecule has 0 bridgehead atoms. The smallest absolute Gasteiger partial charge is 0.333 e. The molecule has 0 radical (unpaired) electrons. The van der Waals surface area contributed by atoms with Crippen molar-refractivity contribution in [1.82, 2.24) is 4.57 Å². The van der Waals surface area contributed by atoms with E-state index in [1.807, 2.05) is 0 Å². The summed E-state index contributed by atoms with van der Waals surface area (Å²) in [6.45, 7) is 0.660. The number of rotatable bonds is 6. The van der Waals surface area contributed by atoms with E-state index in [1.54, 1.807) is 10.8 Å². The van der Waals surface area contributed by atoms with Gasteiger partial charge in [-0.15, -0.1) is 0 Å². The lowest BCUT2D eigenvalue weighted by Gasteiger charge is -2.06. The lowest BCUT2D eigenvalue weighted by atomic mass is 10.2. The Bertz CT molecular complexity index is 461. The van der Waals surface area contributed by atoms with Gasteiger partial charge in [0.1, 0.15) is 0 Å². The maximum Gasteiger partial charge on any atom is 0.333 e. The summed E-state index contributed by atoms with van der Waals surface area (Å²) < 4.78 is 1.89. The van der Waals surface area contributed by atoms with Crippen LogP contribution in [0, 0.1) is 10.1 Å². The Labute approximate surface area is 113 Å². The fraction of sp³-hybridized carbons (Fsp3) is 0.500. The minimum Gasteiger partial charge on any atom is -0.347 e. The van der Waals surface area contributed by atoms with Crippen LogP contribution < -0.4 is 5.43 Å². The zero-order valence-corrected chi connectivity index (χ0v) is 11.6. The van der Waals surface area contributed by atoms with Crippen LogP contribution >= 0.6 is 28.6 Å². The maximum absolute atomic E-state index is 11.4. The van der Waals surface area contributed by atoms with E-state index in [2.05, 4.69) is 28.6 Å². The van der Waals surface area contributed by atoms with Crippen LogP contribution in [0.4, 0.5) is 5.69 Å². The molecule has 0 spiro atoms. The Kier molecular flexibility index (Phi) is 5.70. The van der Waals surface area contributed by atoms with Gasteiger partial charge in [-0.05, 0) is 34.5 Å². The van der Waals surface area contributed by atoms with Crippen LogP contribution in [0.15, 0.2) is 21.7 Å². The van der Waals surface area contributed by atoms with E-state index in [-0.39, 0.29) is 4.47 Å². The standard InChI is InChI=1S/C10H13BrN2O3S/c11-8-6-12(4-2-1-3-5-17)7-9(10(8)14)13(15)16/h6-7,17H,1-5H2. The number of aromatic nitrogens is 1. The topological polar surface area (TPSA) is 65.1 Å². The summed E-state index contributed by atoms with van der Waals surface area (Å²) in [6.07, 6.45) is 5.81. The van der Waals surface area contributed by atoms with Gasteiger partial charge in [-0.3, -0.25) is 14.9 Å². The van der Waals surface area contributed by atoms with Crippen LogP contribution in [-0.4, -0.2) is 15.2 Å². The third-order valence-corrected chi connectivity index (χ3v) is 3.17. The quantitative estimate of drug-likeness (QED) is 0.379. The van der Waals surface area contributed by atoms with Crippen LogP contribution in [0.3, 0.4) is 0 Å². The summed E-state index contributed by atoms with van der Waals surface area (Å²) in [4.78, 5) is 21.4. The third-order valence-electron chi connectivity index (χ3n) is 2.29. The number of unbranched alkanes of at least 4 members (excludes halogenated alkanes) is 2. The van der Waals surface area contributed by atoms with Crippen LogP contribution in [0.1, 0.15) is 19.3 Å². The van der Waals surface area contributed by atoms with E-state index in [4.69, 9.17) is 0 Å². The molecule has 0 fully saturated rings. The maximum atomic E-state index is 11.4.